The molecule has 1 fully saturated rings. The van der Waals surface area contributed by atoms with Crippen LogP contribution in [0.1, 0.15) is 57.4 Å². The molecule has 19 heavy (non-hydrogen) atoms. The molecule has 0 bridgehead atoms. The lowest BCUT2D eigenvalue weighted by atomic mass is 9.74. The van der Waals surface area contributed by atoms with Gasteiger partial charge in [0.1, 0.15) is 0 Å². The fourth-order valence-corrected chi connectivity index (χ4v) is 3.69. The molecular formula is C17H26BrN. The molecule has 0 aromatic heterocycles. The van der Waals surface area contributed by atoms with Gasteiger partial charge in [-0.15, -0.1) is 0 Å². The molecule has 1 aliphatic rings. The maximum absolute atomic E-state index is 3.68. The van der Waals surface area contributed by atoms with Gasteiger partial charge < -0.3 is 5.32 Å². The van der Waals surface area contributed by atoms with Gasteiger partial charge in [0.15, 0.2) is 0 Å². The Morgan fingerprint density at radius 1 is 1.16 bits per heavy atom. The number of hydrogen-bond donors (Lipinski definition) is 1. The minimum absolute atomic E-state index is 0.357. The molecule has 106 valence electrons. The van der Waals surface area contributed by atoms with Crippen LogP contribution in [0, 0.1) is 0 Å². The summed E-state index contributed by atoms with van der Waals surface area (Å²) in [6.07, 6.45) is 9.45. The van der Waals surface area contributed by atoms with Gasteiger partial charge in [0.2, 0.25) is 0 Å². The zero-order valence-corrected chi connectivity index (χ0v) is 13.6. The second kappa shape index (κ2) is 7.44. The topological polar surface area (TPSA) is 12.0 Å². The van der Waals surface area contributed by atoms with E-state index in [1.165, 1.54) is 55.0 Å². The SMILES string of the molecule is CCCNCC1(c2cccc(Br)c2)CCCCCC1. The second-order valence-corrected chi connectivity index (χ2v) is 6.80. The van der Waals surface area contributed by atoms with Gasteiger partial charge in [-0.05, 0) is 43.5 Å². The van der Waals surface area contributed by atoms with Crippen LogP contribution in [0.2, 0.25) is 0 Å². The van der Waals surface area contributed by atoms with E-state index in [-0.39, 0.29) is 0 Å². The van der Waals surface area contributed by atoms with Crippen molar-refractivity contribution in [3.05, 3.63) is 34.3 Å². The molecular weight excluding hydrogens is 298 g/mol. The fourth-order valence-electron chi connectivity index (χ4n) is 3.30. The van der Waals surface area contributed by atoms with Gasteiger partial charge in [-0.3, -0.25) is 0 Å². The van der Waals surface area contributed by atoms with Gasteiger partial charge in [0, 0.05) is 16.4 Å². The van der Waals surface area contributed by atoms with Gasteiger partial charge >= 0.3 is 0 Å². The summed E-state index contributed by atoms with van der Waals surface area (Å²) in [5, 5.41) is 3.68. The molecule has 0 aliphatic heterocycles. The Bertz CT molecular complexity index is 381. The molecule has 1 saturated carbocycles. The highest BCUT2D eigenvalue weighted by molar-refractivity contribution is 9.10. The lowest BCUT2D eigenvalue weighted by molar-refractivity contribution is 0.348. The van der Waals surface area contributed by atoms with E-state index >= 15 is 0 Å². The quantitative estimate of drug-likeness (QED) is 0.591. The van der Waals surface area contributed by atoms with Crippen molar-refractivity contribution in [2.75, 3.05) is 13.1 Å². The summed E-state index contributed by atoms with van der Waals surface area (Å²) in [5.74, 6) is 0. The first-order chi connectivity index (χ1) is 9.27. The summed E-state index contributed by atoms with van der Waals surface area (Å²) >= 11 is 3.63. The minimum Gasteiger partial charge on any atom is -0.316 e. The van der Waals surface area contributed by atoms with Crippen LogP contribution in [0.15, 0.2) is 28.7 Å². The van der Waals surface area contributed by atoms with Gasteiger partial charge in [-0.1, -0.05) is 60.7 Å². The molecule has 2 rings (SSSR count). The minimum atomic E-state index is 0.357. The highest BCUT2D eigenvalue weighted by Gasteiger charge is 2.32. The molecule has 0 atom stereocenters. The van der Waals surface area contributed by atoms with Crippen LogP contribution in [0.5, 0.6) is 0 Å². The van der Waals surface area contributed by atoms with Gasteiger partial charge in [-0.2, -0.15) is 0 Å². The molecule has 1 nitrogen and oxygen atoms in total. The zero-order chi connectivity index (χ0) is 13.6. The van der Waals surface area contributed by atoms with Crippen molar-refractivity contribution in [2.45, 2.75) is 57.3 Å². The summed E-state index contributed by atoms with van der Waals surface area (Å²) < 4.78 is 1.21. The predicted octanol–water partition coefficient (Wildman–Crippen LogP) is 5.04. The molecule has 0 saturated heterocycles. The fraction of sp³-hybridized carbons (Fsp3) is 0.647. The summed E-state index contributed by atoms with van der Waals surface area (Å²) in [4.78, 5) is 0. The maximum Gasteiger partial charge on any atom is 0.0178 e. The molecule has 0 radical (unpaired) electrons. The monoisotopic (exact) mass is 323 g/mol. The third-order valence-electron chi connectivity index (χ3n) is 4.39. The van der Waals surface area contributed by atoms with E-state index in [0.29, 0.717) is 5.41 Å². The van der Waals surface area contributed by atoms with Crippen molar-refractivity contribution in [3.63, 3.8) is 0 Å². The summed E-state index contributed by atoms with van der Waals surface area (Å²) in [7, 11) is 0. The lowest BCUT2D eigenvalue weighted by Crippen LogP contribution is -2.38. The van der Waals surface area contributed by atoms with Crippen LogP contribution >= 0.6 is 15.9 Å². The molecule has 0 heterocycles. The smallest absolute Gasteiger partial charge is 0.0178 e. The summed E-state index contributed by atoms with van der Waals surface area (Å²) in [5.41, 5.74) is 1.88. The molecule has 0 unspecified atom stereocenters. The molecule has 1 aliphatic carbocycles. The number of rotatable bonds is 5. The van der Waals surface area contributed by atoms with Crippen molar-refractivity contribution in [1.82, 2.24) is 5.32 Å². The first kappa shape index (κ1) is 15.1. The highest BCUT2D eigenvalue weighted by atomic mass is 79.9. The van der Waals surface area contributed by atoms with Crippen molar-refractivity contribution in [3.8, 4) is 0 Å². The maximum atomic E-state index is 3.68. The van der Waals surface area contributed by atoms with Crippen LogP contribution < -0.4 is 5.32 Å². The van der Waals surface area contributed by atoms with Crippen LogP contribution in [0.4, 0.5) is 0 Å². The largest absolute Gasteiger partial charge is 0.316 e. The van der Waals surface area contributed by atoms with Crippen molar-refractivity contribution >= 4 is 15.9 Å². The normalized spacial score (nSPS) is 19.1. The third-order valence-corrected chi connectivity index (χ3v) is 4.88. The van der Waals surface area contributed by atoms with E-state index in [1.807, 2.05) is 0 Å². The summed E-state index contributed by atoms with van der Waals surface area (Å²) in [6, 6.07) is 8.97. The lowest BCUT2D eigenvalue weighted by Gasteiger charge is -2.34. The Balaban J connectivity index is 2.21. The van der Waals surface area contributed by atoms with E-state index in [9.17, 15) is 0 Å². The highest BCUT2D eigenvalue weighted by Crippen LogP contribution is 2.38. The average Bonchev–Trinajstić information content (AvgIpc) is 2.66. The summed E-state index contributed by atoms with van der Waals surface area (Å²) in [6.45, 7) is 4.51. The molecule has 0 spiro atoms. The van der Waals surface area contributed by atoms with Crippen LogP contribution in [-0.2, 0) is 5.41 Å². The Hall–Kier alpha value is -0.340. The van der Waals surface area contributed by atoms with Gasteiger partial charge in [-0.25, -0.2) is 0 Å². The zero-order valence-electron chi connectivity index (χ0n) is 12.1. The van der Waals surface area contributed by atoms with Crippen molar-refractivity contribution in [1.29, 1.82) is 0 Å². The first-order valence-electron chi connectivity index (χ1n) is 7.74. The number of nitrogens with one attached hydrogen (secondary N) is 1. The second-order valence-electron chi connectivity index (χ2n) is 5.88. The molecule has 1 N–H and O–H groups in total. The number of hydrogen-bond acceptors (Lipinski definition) is 1. The van der Waals surface area contributed by atoms with Crippen LogP contribution in [0.3, 0.4) is 0 Å². The Morgan fingerprint density at radius 2 is 1.89 bits per heavy atom. The average molecular weight is 324 g/mol. The Morgan fingerprint density at radius 3 is 2.53 bits per heavy atom. The van der Waals surface area contributed by atoms with Crippen molar-refractivity contribution in [2.24, 2.45) is 0 Å². The Kier molecular flexibility index (Phi) is 5.90. The first-order valence-corrected chi connectivity index (χ1v) is 8.53. The molecule has 2 heteroatoms. The Labute approximate surface area is 126 Å². The van der Waals surface area contributed by atoms with E-state index in [1.54, 1.807) is 0 Å². The van der Waals surface area contributed by atoms with E-state index in [2.05, 4.69) is 52.4 Å². The number of benzene rings is 1. The van der Waals surface area contributed by atoms with Crippen LogP contribution in [-0.4, -0.2) is 13.1 Å². The van der Waals surface area contributed by atoms with Crippen molar-refractivity contribution < 1.29 is 0 Å². The van der Waals surface area contributed by atoms with E-state index in [0.717, 1.165) is 13.1 Å². The molecule has 0 amide bonds. The molecule has 1 aromatic rings. The number of halogens is 1. The van der Waals surface area contributed by atoms with Crippen LogP contribution in [0.25, 0.3) is 0 Å². The standard InChI is InChI=1S/C17H26BrN/c1-2-12-19-14-17(10-5-3-4-6-11-17)15-8-7-9-16(18)13-15/h7-9,13,19H,2-6,10-12,14H2,1H3. The molecule has 1 aromatic carbocycles. The van der Waals surface area contributed by atoms with Gasteiger partial charge in [0.25, 0.3) is 0 Å². The van der Waals surface area contributed by atoms with Gasteiger partial charge in [0.05, 0.1) is 0 Å². The van der Waals surface area contributed by atoms with E-state index < -0.39 is 0 Å². The van der Waals surface area contributed by atoms with E-state index in [4.69, 9.17) is 0 Å². The third kappa shape index (κ3) is 4.06. The predicted molar refractivity (Wildman–Crippen MR) is 86.7 cm³/mol.